The van der Waals surface area contributed by atoms with E-state index in [1.165, 1.54) is 5.56 Å². The third-order valence-corrected chi connectivity index (χ3v) is 3.26. The normalized spacial score (nSPS) is 10.8. The molecule has 102 valence electrons. The molecular formula is C15H17N5. The van der Waals surface area contributed by atoms with Gasteiger partial charge in [0, 0.05) is 19.2 Å². The molecule has 0 bridgehead atoms. The van der Waals surface area contributed by atoms with Crippen LogP contribution in [0.25, 0.3) is 11.2 Å². The number of nitrogens with zero attached hydrogens (tertiary/aromatic N) is 3. The molecule has 0 fully saturated rings. The molecule has 5 nitrogen and oxygen atoms in total. The van der Waals surface area contributed by atoms with E-state index in [0.29, 0.717) is 5.82 Å². The number of pyridine rings is 1. The van der Waals surface area contributed by atoms with Crippen LogP contribution >= 0.6 is 0 Å². The lowest BCUT2D eigenvalue weighted by Gasteiger charge is -2.08. The Hall–Kier alpha value is -2.56. The lowest BCUT2D eigenvalue weighted by molar-refractivity contribution is 0.778. The number of rotatable bonds is 4. The summed E-state index contributed by atoms with van der Waals surface area (Å²) in [4.78, 5) is 8.79. The molecule has 5 heteroatoms. The van der Waals surface area contributed by atoms with E-state index in [1.807, 2.05) is 28.8 Å². The first-order chi connectivity index (χ1) is 9.78. The first-order valence-corrected chi connectivity index (χ1v) is 6.67. The lowest BCUT2D eigenvalue weighted by Crippen LogP contribution is -2.03. The Bertz CT molecular complexity index is 718. The third-order valence-electron chi connectivity index (χ3n) is 3.26. The van der Waals surface area contributed by atoms with Crippen molar-refractivity contribution in [3.05, 3.63) is 48.3 Å². The molecule has 0 saturated heterocycles. The summed E-state index contributed by atoms with van der Waals surface area (Å²) in [5, 5.41) is 3.39. The van der Waals surface area contributed by atoms with Crippen molar-refractivity contribution in [2.45, 2.75) is 20.0 Å². The van der Waals surface area contributed by atoms with Gasteiger partial charge >= 0.3 is 0 Å². The Morgan fingerprint density at radius 1 is 1.25 bits per heavy atom. The molecule has 0 aliphatic heterocycles. The van der Waals surface area contributed by atoms with Crippen LogP contribution in [0.3, 0.4) is 0 Å². The van der Waals surface area contributed by atoms with Crippen molar-refractivity contribution in [2.24, 2.45) is 0 Å². The van der Waals surface area contributed by atoms with E-state index in [0.717, 1.165) is 29.9 Å². The average Bonchev–Trinajstić information content (AvgIpc) is 2.88. The molecule has 3 rings (SSSR count). The second kappa shape index (κ2) is 5.21. The minimum absolute atomic E-state index is 0.503. The predicted molar refractivity (Wildman–Crippen MR) is 81.4 cm³/mol. The van der Waals surface area contributed by atoms with Crippen molar-refractivity contribution < 1.29 is 0 Å². The molecule has 2 heterocycles. The highest BCUT2D eigenvalue weighted by Gasteiger charge is 2.09. The van der Waals surface area contributed by atoms with Crippen molar-refractivity contribution in [2.75, 3.05) is 11.1 Å². The summed E-state index contributed by atoms with van der Waals surface area (Å²) in [6.45, 7) is 3.62. The Kier molecular flexibility index (Phi) is 3.25. The maximum absolute atomic E-state index is 5.88. The molecule has 1 aromatic carbocycles. The maximum atomic E-state index is 5.88. The molecule has 0 radical (unpaired) electrons. The van der Waals surface area contributed by atoms with Gasteiger partial charge in [0.1, 0.15) is 11.3 Å². The van der Waals surface area contributed by atoms with Gasteiger partial charge in [-0.1, -0.05) is 30.3 Å². The number of fused-ring (bicyclic) bond motifs is 1. The summed E-state index contributed by atoms with van der Waals surface area (Å²) < 4.78 is 1.99. The van der Waals surface area contributed by atoms with Gasteiger partial charge in [-0.2, -0.15) is 0 Å². The van der Waals surface area contributed by atoms with Gasteiger partial charge in [0.2, 0.25) is 0 Å². The van der Waals surface area contributed by atoms with E-state index in [4.69, 9.17) is 5.73 Å². The fourth-order valence-corrected chi connectivity index (χ4v) is 2.21. The Morgan fingerprint density at radius 2 is 2.05 bits per heavy atom. The van der Waals surface area contributed by atoms with E-state index in [-0.39, 0.29) is 0 Å². The van der Waals surface area contributed by atoms with E-state index >= 15 is 0 Å². The van der Waals surface area contributed by atoms with Crippen LogP contribution in [-0.2, 0) is 13.1 Å². The van der Waals surface area contributed by atoms with E-state index < -0.39 is 0 Å². The van der Waals surface area contributed by atoms with Crippen LogP contribution in [-0.4, -0.2) is 14.5 Å². The summed E-state index contributed by atoms with van der Waals surface area (Å²) in [6.07, 6.45) is 1.80. The van der Waals surface area contributed by atoms with Crippen molar-refractivity contribution in [1.29, 1.82) is 0 Å². The Balaban J connectivity index is 1.93. The largest absolute Gasteiger partial charge is 0.384 e. The second-order valence-corrected chi connectivity index (χ2v) is 4.64. The maximum Gasteiger partial charge on any atom is 0.164 e. The standard InChI is InChI=1S/C15H17N5/c1-2-20-10-18-14-12(8-13(16)19-15(14)20)17-9-11-6-4-3-5-7-11/h3-8,10H,2,9H2,1H3,(H3,16,17,19). The molecule has 0 atom stereocenters. The number of nitrogen functional groups attached to an aromatic ring is 1. The molecule has 3 N–H and O–H groups in total. The Morgan fingerprint density at radius 3 is 2.80 bits per heavy atom. The highest BCUT2D eigenvalue weighted by Crippen LogP contribution is 2.23. The summed E-state index contributed by atoms with van der Waals surface area (Å²) in [5.74, 6) is 0.503. The number of benzene rings is 1. The van der Waals surface area contributed by atoms with E-state index in [9.17, 15) is 0 Å². The summed E-state index contributed by atoms with van der Waals surface area (Å²) >= 11 is 0. The minimum Gasteiger partial charge on any atom is -0.384 e. The van der Waals surface area contributed by atoms with Gasteiger partial charge in [-0.25, -0.2) is 9.97 Å². The topological polar surface area (TPSA) is 68.8 Å². The second-order valence-electron chi connectivity index (χ2n) is 4.64. The van der Waals surface area contributed by atoms with Crippen LogP contribution in [0.5, 0.6) is 0 Å². The molecule has 0 saturated carbocycles. The molecular weight excluding hydrogens is 250 g/mol. The number of aryl methyl sites for hydroxylation is 1. The van der Waals surface area contributed by atoms with Gasteiger partial charge in [-0.05, 0) is 12.5 Å². The first-order valence-electron chi connectivity index (χ1n) is 6.67. The van der Waals surface area contributed by atoms with E-state index in [2.05, 4.69) is 34.3 Å². The van der Waals surface area contributed by atoms with Crippen LogP contribution in [0, 0.1) is 0 Å². The monoisotopic (exact) mass is 267 g/mol. The quantitative estimate of drug-likeness (QED) is 0.762. The fraction of sp³-hybridized carbons (Fsp3) is 0.200. The number of aromatic nitrogens is 3. The van der Waals surface area contributed by atoms with Gasteiger partial charge in [0.15, 0.2) is 5.65 Å². The highest BCUT2D eigenvalue weighted by molar-refractivity contribution is 5.87. The molecule has 2 aromatic heterocycles. The Labute approximate surface area is 117 Å². The number of hydrogen-bond donors (Lipinski definition) is 2. The van der Waals surface area contributed by atoms with Gasteiger partial charge in [0.25, 0.3) is 0 Å². The van der Waals surface area contributed by atoms with Gasteiger partial charge in [-0.15, -0.1) is 0 Å². The molecule has 3 aromatic rings. The third kappa shape index (κ3) is 2.30. The minimum atomic E-state index is 0.503. The lowest BCUT2D eigenvalue weighted by atomic mass is 10.2. The number of imidazole rings is 1. The average molecular weight is 267 g/mol. The van der Waals surface area contributed by atoms with Crippen LogP contribution in [0.2, 0.25) is 0 Å². The zero-order valence-corrected chi connectivity index (χ0v) is 11.4. The first kappa shape index (κ1) is 12.5. The molecule has 0 aliphatic carbocycles. The summed E-state index contributed by atoms with van der Waals surface area (Å²) in [6, 6.07) is 12.1. The molecule has 20 heavy (non-hydrogen) atoms. The van der Waals surface area contributed by atoms with Crippen molar-refractivity contribution >= 4 is 22.7 Å². The van der Waals surface area contributed by atoms with Crippen LogP contribution in [0.15, 0.2) is 42.7 Å². The van der Waals surface area contributed by atoms with Crippen LogP contribution < -0.4 is 11.1 Å². The molecule has 0 amide bonds. The molecule has 0 aliphatic rings. The summed E-state index contributed by atoms with van der Waals surface area (Å²) in [7, 11) is 0. The number of hydrogen-bond acceptors (Lipinski definition) is 4. The van der Waals surface area contributed by atoms with Crippen LogP contribution in [0.4, 0.5) is 11.5 Å². The zero-order chi connectivity index (χ0) is 13.9. The summed E-state index contributed by atoms with van der Waals surface area (Å²) in [5.41, 5.74) is 9.70. The predicted octanol–water partition coefficient (Wildman–Crippen LogP) is 2.65. The van der Waals surface area contributed by atoms with E-state index in [1.54, 1.807) is 6.33 Å². The number of nitrogens with one attached hydrogen (secondary N) is 1. The SMILES string of the molecule is CCn1cnc2c(NCc3ccccc3)cc(N)nc21. The number of anilines is 2. The smallest absolute Gasteiger partial charge is 0.164 e. The molecule has 0 unspecified atom stereocenters. The molecule has 0 spiro atoms. The van der Waals surface area contributed by atoms with Gasteiger partial charge in [-0.3, -0.25) is 0 Å². The zero-order valence-electron chi connectivity index (χ0n) is 11.4. The highest BCUT2D eigenvalue weighted by atomic mass is 15.1. The fourth-order valence-electron chi connectivity index (χ4n) is 2.21. The van der Waals surface area contributed by atoms with Crippen LogP contribution in [0.1, 0.15) is 12.5 Å². The van der Waals surface area contributed by atoms with Crippen molar-refractivity contribution in [3.63, 3.8) is 0 Å². The van der Waals surface area contributed by atoms with Gasteiger partial charge in [0.05, 0.1) is 12.0 Å². The number of nitrogens with two attached hydrogens (primary N) is 1. The van der Waals surface area contributed by atoms with Crippen molar-refractivity contribution in [1.82, 2.24) is 14.5 Å². The van der Waals surface area contributed by atoms with Gasteiger partial charge < -0.3 is 15.6 Å². The van der Waals surface area contributed by atoms with Crippen molar-refractivity contribution in [3.8, 4) is 0 Å².